The second-order valence-electron chi connectivity index (χ2n) is 7.03. The molecule has 0 amide bonds. The molecule has 0 radical (unpaired) electrons. The number of carbonyl (C=O) groups is 3. The van der Waals surface area contributed by atoms with Crippen molar-refractivity contribution in [2.24, 2.45) is 0 Å². The third-order valence-corrected chi connectivity index (χ3v) is 4.98. The predicted molar refractivity (Wildman–Crippen MR) is 109 cm³/mol. The van der Waals surface area contributed by atoms with E-state index in [9.17, 15) is 14.4 Å². The molecule has 3 aromatic rings. The number of Topliss-reactive ketones (excluding diaryl/α,β-unsaturated/α-hetero) is 2. The van der Waals surface area contributed by atoms with Gasteiger partial charge in [0.05, 0.1) is 0 Å². The Kier molecular flexibility index (Phi) is 6.12. The highest BCUT2D eigenvalue weighted by atomic mass is 16.5. The number of ether oxygens (including phenoxy) is 1. The number of esters is 1. The van der Waals surface area contributed by atoms with Crippen LogP contribution in [-0.2, 0) is 17.7 Å². The van der Waals surface area contributed by atoms with Gasteiger partial charge in [0.2, 0.25) is 5.78 Å². The summed E-state index contributed by atoms with van der Waals surface area (Å²) in [4.78, 5) is 38.7. The molecule has 0 spiro atoms. The summed E-state index contributed by atoms with van der Waals surface area (Å²) in [7, 11) is 0. The summed E-state index contributed by atoms with van der Waals surface area (Å²) in [6, 6.07) is 13.4. The number of hydrogen-bond donors (Lipinski definition) is 1. The SMILES string of the molecule is CC(=O)c1c[nH]c(C(=O)OCC(=O)c2cc(C)n(CCc3ccccc3)c2C)c1. The first-order chi connectivity index (χ1) is 13.9. The Morgan fingerprint density at radius 2 is 1.79 bits per heavy atom. The number of carbonyl (C=O) groups excluding carboxylic acids is 3. The molecule has 29 heavy (non-hydrogen) atoms. The molecule has 0 aliphatic heterocycles. The van der Waals surface area contributed by atoms with Crippen molar-refractivity contribution in [2.45, 2.75) is 33.7 Å². The zero-order valence-corrected chi connectivity index (χ0v) is 16.8. The van der Waals surface area contributed by atoms with Crippen LogP contribution in [0.15, 0.2) is 48.7 Å². The van der Waals surface area contributed by atoms with Crippen molar-refractivity contribution in [3.05, 3.63) is 82.4 Å². The molecule has 1 aromatic carbocycles. The Labute approximate surface area is 169 Å². The Morgan fingerprint density at radius 1 is 1.07 bits per heavy atom. The highest BCUT2D eigenvalue weighted by Crippen LogP contribution is 2.17. The van der Waals surface area contributed by atoms with E-state index in [-0.39, 0.29) is 23.9 Å². The highest BCUT2D eigenvalue weighted by molar-refractivity contribution is 6.01. The molecule has 150 valence electrons. The lowest BCUT2D eigenvalue weighted by Gasteiger charge is -2.10. The summed E-state index contributed by atoms with van der Waals surface area (Å²) in [5.41, 5.74) is 4.18. The summed E-state index contributed by atoms with van der Waals surface area (Å²) in [6.07, 6.45) is 2.31. The maximum atomic E-state index is 12.6. The number of nitrogens with zero attached hydrogens (tertiary/aromatic N) is 1. The van der Waals surface area contributed by atoms with Gasteiger partial charge < -0.3 is 14.3 Å². The van der Waals surface area contributed by atoms with E-state index >= 15 is 0 Å². The molecule has 0 saturated heterocycles. The molecule has 2 heterocycles. The van der Waals surface area contributed by atoms with Gasteiger partial charge in [0.25, 0.3) is 0 Å². The second-order valence-corrected chi connectivity index (χ2v) is 7.03. The molecule has 0 fully saturated rings. The van der Waals surface area contributed by atoms with Gasteiger partial charge in [-0.3, -0.25) is 9.59 Å². The fourth-order valence-corrected chi connectivity index (χ4v) is 3.32. The molecule has 1 N–H and O–H groups in total. The quantitative estimate of drug-likeness (QED) is 0.465. The minimum absolute atomic E-state index is 0.149. The lowest BCUT2D eigenvalue weighted by Crippen LogP contribution is -2.15. The molecule has 0 aliphatic rings. The van der Waals surface area contributed by atoms with Crippen molar-refractivity contribution in [3.8, 4) is 0 Å². The molecule has 6 heteroatoms. The molecule has 2 aromatic heterocycles. The number of rotatable bonds is 8. The van der Waals surface area contributed by atoms with Crippen LogP contribution in [0.4, 0.5) is 0 Å². The zero-order chi connectivity index (χ0) is 21.0. The van der Waals surface area contributed by atoms with Crippen LogP contribution in [0.2, 0.25) is 0 Å². The number of benzene rings is 1. The lowest BCUT2D eigenvalue weighted by atomic mass is 10.1. The monoisotopic (exact) mass is 392 g/mol. The van der Waals surface area contributed by atoms with Crippen LogP contribution in [0.1, 0.15) is 55.1 Å². The van der Waals surface area contributed by atoms with Gasteiger partial charge in [-0.25, -0.2) is 4.79 Å². The van der Waals surface area contributed by atoms with Crippen molar-refractivity contribution in [2.75, 3.05) is 6.61 Å². The van der Waals surface area contributed by atoms with Crippen molar-refractivity contribution in [1.29, 1.82) is 0 Å². The van der Waals surface area contributed by atoms with E-state index in [1.807, 2.05) is 38.1 Å². The van der Waals surface area contributed by atoms with Gasteiger partial charge in [0, 0.05) is 35.3 Å². The summed E-state index contributed by atoms with van der Waals surface area (Å²) < 4.78 is 7.23. The number of nitrogens with one attached hydrogen (secondary N) is 1. The fraction of sp³-hybridized carbons (Fsp3) is 0.261. The average Bonchev–Trinajstić information content (AvgIpc) is 3.31. The normalized spacial score (nSPS) is 10.7. The number of aryl methyl sites for hydroxylation is 2. The third kappa shape index (κ3) is 4.71. The smallest absolute Gasteiger partial charge is 0.355 e. The van der Waals surface area contributed by atoms with E-state index in [1.165, 1.54) is 24.8 Å². The van der Waals surface area contributed by atoms with Crippen LogP contribution in [0.3, 0.4) is 0 Å². The van der Waals surface area contributed by atoms with Crippen LogP contribution in [0.25, 0.3) is 0 Å². The largest absolute Gasteiger partial charge is 0.453 e. The van der Waals surface area contributed by atoms with E-state index < -0.39 is 5.97 Å². The molecule has 0 aliphatic carbocycles. The maximum absolute atomic E-state index is 12.6. The lowest BCUT2D eigenvalue weighted by molar-refractivity contribution is 0.0469. The van der Waals surface area contributed by atoms with Gasteiger partial charge in [-0.05, 0) is 44.9 Å². The first kappa shape index (κ1) is 20.3. The topological polar surface area (TPSA) is 81.2 Å². The Hall–Kier alpha value is -3.41. The van der Waals surface area contributed by atoms with Crippen LogP contribution < -0.4 is 0 Å². The zero-order valence-electron chi connectivity index (χ0n) is 16.8. The van der Waals surface area contributed by atoms with Crippen LogP contribution in [-0.4, -0.2) is 33.7 Å². The second kappa shape index (κ2) is 8.73. The predicted octanol–water partition coefficient (Wildman–Crippen LogP) is 3.92. The standard InChI is InChI=1S/C23H24N2O4/c1-15-11-20(16(2)25(15)10-9-18-7-5-4-6-8-18)22(27)14-29-23(28)21-12-19(13-24-21)17(3)26/h4-8,11-13,24H,9-10,14H2,1-3H3. The Bertz CT molecular complexity index is 1040. The number of aromatic nitrogens is 2. The third-order valence-electron chi connectivity index (χ3n) is 4.98. The van der Waals surface area contributed by atoms with E-state index in [4.69, 9.17) is 4.74 Å². The molecular formula is C23H24N2O4. The number of hydrogen-bond acceptors (Lipinski definition) is 4. The minimum atomic E-state index is -0.663. The summed E-state index contributed by atoms with van der Waals surface area (Å²) in [6.45, 7) is 5.69. The number of H-pyrrole nitrogens is 1. The van der Waals surface area contributed by atoms with Gasteiger partial charge in [-0.2, -0.15) is 0 Å². The molecule has 0 bridgehead atoms. The van der Waals surface area contributed by atoms with Crippen LogP contribution in [0.5, 0.6) is 0 Å². The number of ketones is 2. The first-order valence-corrected chi connectivity index (χ1v) is 9.47. The van der Waals surface area contributed by atoms with Crippen LogP contribution in [0, 0.1) is 13.8 Å². The molecule has 6 nitrogen and oxygen atoms in total. The van der Waals surface area contributed by atoms with Gasteiger partial charge >= 0.3 is 5.97 Å². The van der Waals surface area contributed by atoms with Gasteiger partial charge in [0.15, 0.2) is 12.4 Å². The van der Waals surface area contributed by atoms with Gasteiger partial charge in [-0.15, -0.1) is 0 Å². The van der Waals surface area contributed by atoms with Crippen molar-refractivity contribution in [3.63, 3.8) is 0 Å². The van der Waals surface area contributed by atoms with Crippen molar-refractivity contribution < 1.29 is 19.1 Å². The van der Waals surface area contributed by atoms with E-state index in [0.29, 0.717) is 11.1 Å². The summed E-state index contributed by atoms with van der Waals surface area (Å²) >= 11 is 0. The molecule has 0 unspecified atom stereocenters. The first-order valence-electron chi connectivity index (χ1n) is 9.47. The number of aromatic amines is 1. The summed E-state index contributed by atoms with van der Waals surface area (Å²) in [5, 5.41) is 0. The molecular weight excluding hydrogens is 368 g/mol. The minimum Gasteiger partial charge on any atom is -0.453 e. The maximum Gasteiger partial charge on any atom is 0.355 e. The van der Waals surface area contributed by atoms with E-state index in [0.717, 1.165) is 24.4 Å². The Morgan fingerprint density at radius 3 is 2.45 bits per heavy atom. The van der Waals surface area contributed by atoms with Gasteiger partial charge in [0.1, 0.15) is 5.69 Å². The van der Waals surface area contributed by atoms with Crippen LogP contribution >= 0.6 is 0 Å². The average molecular weight is 392 g/mol. The van der Waals surface area contributed by atoms with Crippen molar-refractivity contribution >= 4 is 17.5 Å². The molecule has 3 rings (SSSR count). The molecule has 0 saturated carbocycles. The van der Waals surface area contributed by atoms with E-state index in [2.05, 4.69) is 21.7 Å². The highest BCUT2D eigenvalue weighted by Gasteiger charge is 2.19. The van der Waals surface area contributed by atoms with E-state index in [1.54, 1.807) is 0 Å². The Balaban J connectivity index is 1.63. The van der Waals surface area contributed by atoms with Crippen molar-refractivity contribution in [1.82, 2.24) is 9.55 Å². The fourth-order valence-electron chi connectivity index (χ4n) is 3.32. The van der Waals surface area contributed by atoms with Gasteiger partial charge in [-0.1, -0.05) is 30.3 Å². The summed E-state index contributed by atoms with van der Waals surface area (Å²) in [5.74, 6) is -1.07. The molecule has 0 atom stereocenters.